The Morgan fingerprint density at radius 1 is 1.20 bits per heavy atom. The van der Waals surface area contributed by atoms with Gasteiger partial charge in [-0.05, 0) is 30.7 Å². The molecule has 0 aliphatic heterocycles. The molecule has 0 heterocycles. The number of fused-ring (bicyclic) bond motifs is 1. The molecule has 1 unspecified atom stereocenters. The summed E-state index contributed by atoms with van der Waals surface area (Å²) >= 11 is 0. The van der Waals surface area contributed by atoms with Crippen molar-refractivity contribution in [2.75, 3.05) is 6.61 Å². The molecule has 20 heavy (non-hydrogen) atoms. The van der Waals surface area contributed by atoms with Crippen molar-refractivity contribution in [1.29, 1.82) is 5.26 Å². The summed E-state index contributed by atoms with van der Waals surface area (Å²) < 4.78 is 5.84. The number of hydrogen-bond acceptors (Lipinski definition) is 3. The molecule has 0 amide bonds. The van der Waals surface area contributed by atoms with Gasteiger partial charge in [-0.25, -0.2) is 0 Å². The van der Waals surface area contributed by atoms with E-state index in [0.717, 1.165) is 17.6 Å². The smallest absolute Gasteiger partial charge is 0.127 e. The Morgan fingerprint density at radius 2 is 1.95 bits per heavy atom. The maximum absolute atomic E-state index is 9.03. The maximum atomic E-state index is 9.03. The van der Waals surface area contributed by atoms with Crippen LogP contribution in [0.2, 0.25) is 0 Å². The van der Waals surface area contributed by atoms with Crippen LogP contribution in [0.15, 0.2) is 42.5 Å². The first-order valence-corrected chi connectivity index (χ1v) is 6.99. The number of hydrogen-bond donors (Lipinski definition) is 1. The summed E-state index contributed by atoms with van der Waals surface area (Å²) in [5.74, 6) is 0.888. The summed E-state index contributed by atoms with van der Waals surface area (Å²) in [7, 11) is 0. The van der Waals surface area contributed by atoms with E-state index in [4.69, 9.17) is 15.7 Å². The molecule has 2 N–H and O–H groups in total. The molecule has 0 radical (unpaired) electrons. The van der Waals surface area contributed by atoms with E-state index in [1.165, 1.54) is 5.39 Å². The molecule has 2 aromatic rings. The highest BCUT2D eigenvalue weighted by Crippen LogP contribution is 2.25. The Bertz CT molecular complexity index is 612. The van der Waals surface area contributed by atoms with Crippen LogP contribution in [0.5, 0.6) is 5.75 Å². The van der Waals surface area contributed by atoms with Gasteiger partial charge in [-0.1, -0.05) is 43.3 Å². The van der Waals surface area contributed by atoms with Crippen molar-refractivity contribution < 1.29 is 4.74 Å². The minimum atomic E-state index is -0.720. The lowest BCUT2D eigenvalue weighted by Gasteiger charge is -2.19. The van der Waals surface area contributed by atoms with Gasteiger partial charge in [-0.3, -0.25) is 0 Å². The average Bonchev–Trinajstić information content (AvgIpc) is 2.51. The number of rotatable bonds is 6. The summed E-state index contributed by atoms with van der Waals surface area (Å²) in [5, 5.41) is 11.3. The third-order valence-corrected chi connectivity index (χ3v) is 3.63. The first kappa shape index (κ1) is 14.4. The lowest BCUT2D eigenvalue weighted by atomic mass is 9.94. The number of benzene rings is 2. The quantitative estimate of drug-likeness (QED) is 0.814. The molecule has 1 atom stereocenters. The molecule has 0 saturated heterocycles. The Hall–Kier alpha value is -2.05. The van der Waals surface area contributed by atoms with Crippen LogP contribution >= 0.6 is 0 Å². The standard InChI is InChI=1S/C17H20N2O/c1-2-17(19,13-18)11-6-12-20-16-10-5-8-14-7-3-4-9-15(14)16/h3-5,7-10H,2,6,11-12,19H2,1H3. The Morgan fingerprint density at radius 3 is 2.70 bits per heavy atom. The normalized spacial score (nSPS) is 13.7. The van der Waals surface area contributed by atoms with E-state index in [2.05, 4.69) is 24.3 Å². The molecule has 2 rings (SSSR count). The molecule has 104 valence electrons. The number of ether oxygens (including phenoxy) is 1. The van der Waals surface area contributed by atoms with E-state index in [9.17, 15) is 0 Å². The van der Waals surface area contributed by atoms with Crippen LogP contribution in [0, 0.1) is 11.3 Å². The van der Waals surface area contributed by atoms with Crippen LogP contribution in [0.4, 0.5) is 0 Å². The molecule has 0 spiro atoms. The highest BCUT2D eigenvalue weighted by molar-refractivity contribution is 5.88. The second kappa shape index (κ2) is 6.40. The van der Waals surface area contributed by atoms with Crippen LogP contribution in [0.3, 0.4) is 0 Å². The van der Waals surface area contributed by atoms with Crippen molar-refractivity contribution in [2.24, 2.45) is 5.73 Å². The van der Waals surface area contributed by atoms with Crippen LogP contribution in [0.1, 0.15) is 26.2 Å². The zero-order valence-electron chi connectivity index (χ0n) is 11.8. The second-order valence-electron chi connectivity index (χ2n) is 5.05. The van der Waals surface area contributed by atoms with Crippen molar-refractivity contribution >= 4 is 10.8 Å². The number of nitrogens with zero attached hydrogens (tertiary/aromatic N) is 1. The SMILES string of the molecule is CCC(N)(C#N)CCCOc1cccc2ccccc12. The molecular weight excluding hydrogens is 248 g/mol. The summed E-state index contributed by atoms with van der Waals surface area (Å²) in [6.07, 6.45) is 2.10. The second-order valence-corrected chi connectivity index (χ2v) is 5.05. The lowest BCUT2D eigenvalue weighted by Crippen LogP contribution is -2.37. The van der Waals surface area contributed by atoms with Crippen LogP contribution in [-0.2, 0) is 0 Å². The van der Waals surface area contributed by atoms with Gasteiger partial charge in [0, 0.05) is 5.39 Å². The predicted molar refractivity (Wildman–Crippen MR) is 81.5 cm³/mol. The Kier molecular flexibility index (Phi) is 4.60. The van der Waals surface area contributed by atoms with Crippen LogP contribution in [-0.4, -0.2) is 12.1 Å². The van der Waals surface area contributed by atoms with Gasteiger partial charge in [0.2, 0.25) is 0 Å². The molecule has 0 saturated carbocycles. The van der Waals surface area contributed by atoms with Crippen LogP contribution < -0.4 is 10.5 Å². The largest absolute Gasteiger partial charge is 0.493 e. The van der Waals surface area contributed by atoms with Crippen molar-refractivity contribution in [1.82, 2.24) is 0 Å². The van der Waals surface area contributed by atoms with Gasteiger partial charge in [0.1, 0.15) is 11.3 Å². The van der Waals surface area contributed by atoms with E-state index >= 15 is 0 Å². The minimum absolute atomic E-state index is 0.578. The molecule has 2 aromatic carbocycles. The van der Waals surface area contributed by atoms with Gasteiger partial charge in [0.15, 0.2) is 0 Å². The highest BCUT2D eigenvalue weighted by Gasteiger charge is 2.21. The topological polar surface area (TPSA) is 59.0 Å². The Labute approximate surface area is 120 Å². The van der Waals surface area contributed by atoms with Crippen molar-refractivity contribution in [3.63, 3.8) is 0 Å². The molecule has 3 heteroatoms. The summed E-state index contributed by atoms with van der Waals surface area (Å²) in [6.45, 7) is 2.52. The fourth-order valence-corrected chi connectivity index (χ4v) is 2.20. The fraction of sp³-hybridized carbons (Fsp3) is 0.353. The van der Waals surface area contributed by atoms with Crippen molar-refractivity contribution in [2.45, 2.75) is 31.7 Å². The lowest BCUT2D eigenvalue weighted by molar-refractivity contribution is 0.294. The molecule has 0 aliphatic carbocycles. The fourth-order valence-electron chi connectivity index (χ4n) is 2.20. The third-order valence-electron chi connectivity index (χ3n) is 3.63. The molecule has 0 fully saturated rings. The van der Waals surface area contributed by atoms with Gasteiger partial charge < -0.3 is 10.5 Å². The molecular formula is C17H20N2O. The zero-order chi connectivity index (χ0) is 14.4. The first-order valence-electron chi connectivity index (χ1n) is 6.99. The molecule has 0 bridgehead atoms. The highest BCUT2D eigenvalue weighted by atomic mass is 16.5. The van der Waals surface area contributed by atoms with E-state index < -0.39 is 5.54 Å². The van der Waals surface area contributed by atoms with Crippen molar-refractivity contribution in [3.8, 4) is 11.8 Å². The van der Waals surface area contributed by atoms with Gasteiger partial charge in [0.25, 0.3) is 0 Å². The first-order chi connectivity index (χ1) is 9.68. The van der Waals surface area contributed by atoms with E-state index in [1.807, 2.05) is 31.2 Å². The predicted octanol–water partition coefficient (Wildman–Crippen LogP) is 3.63. The van der Waals surface area contributed by atoms with Gasteiger partial charge in [-0.2, -0.15) is 5.26 Å². The summed E-state index contributed by atoms with van der Waals surface area (Å²) in [5.41, 5.74) is 5.23. The van der Waals surface area contributed by atoms with Crippen molar-refractivity contribution in [3.05, 3.63) is 42.5 Å². The van der Waals surface area contributed by atoms with E-state index in [-0.39, 0.29) is 0 Å². The third kappa shape index (κ3) is 3.28. The average molecular weight is 268 g/mol. The Balaban J connectivity index is 1.96. The van der Waals surface area contributed by atoms with E-state index in [0.29, 0.717) is 19.4 Å². The van der Waals surface area contributed by atoms with Crippen LogP contribution in [0.25, 0.3) is 10.8 Å². The molecule has 3 nitrogen and oxygen atoms in total. The monoisotopic (exact) mass is 268 g/mol. The maximum Gasteiger partial charge on any atom is 0.127 e. The van der Waals surface area contributed by atoms with E-state index in [1.54, 1.807) is 0 Å². The van der Waals surface area contributed by atoms with Gasteiger partial charge in [0.05, 0.1) is 12.7 Å². The zero-order valence-corrected chi connectivity index (χ0v) is 11.8. The summed E-state index contributed by atoms with van der Waals surface area (Å²) in [4.78, 5) is 0. The van der Waals surface area contributed by atoms with Gasteiger partial charge in [-0.15, -0.1) is 0 Å². The molecule has 0 aliphatic rings. The number of nitriles is 1. The molecule has 0 aromatic heterocycles. The minimum Gasteiger partial charge on any atom is -0.493 e. The van der Waals surface area contributed by atoms with Gasteiger partial charge >= 0.3 is 0 Å². The summed E-state index contributed by atoms with van der Waals surface area (Å²) in [6, 6.07) is 16.4. The number of nitrogens with two attached hydrogens (primary N) is 1.